The van der Waals surface area contributed by atoms with Crippen LogP contribution in [0, 0.1) is 11.8 Å². The molecule has 0 N–H and O–H groups in total. The van der Waals surface area contributed by atoms with Gasteiger partial charge in [0.05, 0.1) is 0 Å². The molecule has 90 valence electrons. The van der Waals surface area contributed by atoms with Gasteiger partial charge in [0.15, 0.2) is 0 Å². The summed E-state index contributed by atoms with van der Waals surface area (Å²) in [5.74, 6) is 2.05. The van der Waals surface area contributed by atoms with Gasteiger partial charge in [-0.3, -0.25) is 0 Å². The minimum Gasteiger partial charge on any atom is -0.103 e. The fourth-order valence-electron chi connectivity index (χ4n) is 1.73. The van der Waals surface area contributed by atoms with Gasteiger partial charge in [0, 0.05) is 0 Å². The van der Waals surface area contributed by atoms with Gasteiger partial charge in [0.1, 0.15) is 0 Å². The molecular weight excluding hydrogens is 180 g/mol. The Morgan fingerprint density at radius 1 is 0.933 bits per heavy atom. The van der Waals surface area contributed by atoms with E-state index in [0.29, 0.717) is 0 Å². The lowest BCUT2D eigenvalue weighted by Gasteiger charge is -1.96. The van der Waals surface area contributed by atoms with Crippen molar-refractivity contribution in [1.29, 1.82) is 0 Å². The predicted octanol–water partition coefficient (Wildman–Crippen LogP) is 5.61. The van der Waals surface area contributed by atoms with Crippen LogP contribution in [-0.4, -0.2) is 0 Å². The molecular formula is C15H30. The van der Waals surface area contributed by atoms with E-state index < -0.39 is 0 Å². The van der Waals surface area contributed by atoms with E-state index in [4.69, 9.17) is 0 Å². The Hall–Kier alpha value is -0.520. The Kier molecular flexibility index (Phi) is 15.2. The van der Waals surface area contributed by atoms with Crippen LogP contribution in [0.4, 0.5) is 0 Å². The number of hydrogen-bond donors (Lipinski definition) is 0. The molecule has 2 unspecified atom stereocenters. The highest BCUT2D eigenvalue weighted by Crippen LogP contribution is 2.29. The minimum absolute atomic E-state index is 1.02. The van der Waals surface area contributed by atoms with E-state index in [9.17, 15) is 0 Å². The van der Waals surface area contributed by atoms with Crippen molar-refractivity contribution >= 4 is 0 Å². The van der Waals surface area contributed by atoms with Crippen molar-refractivity contribution in [1.82, 2.24) is 0 Å². The standard InChI is InChI=1S/C7H14.C6H10.C2H6/c1-6-3-4-7(2)5-6;1-3-5-6-4-2;1-2/h6-7H,3-5H2,1-2H3;3-4H,1-2,5-6H2;1-2H3. The summed E-state index contributed by atoms with van der Waals surface area (Å²) in [6, 6.07) is 0. The van der Waals surface area contributed by atoms with E-state index in [1.165, 1.54) is 19.3 Å². The Morgan fingerprint density at radius 3 is 1.40 bits per heavy atom. The SMILES string of the molecule is C=CCCC=C.CC.CC1CCC(C)C1. The van der Waals surface area contributed by atoms with Crippen LogP contribution >= 0.6 is 0 Å². The zero-order chi connectivity index (χ0) is 12.1. The van der Waals surface area contributed by atoms with Crippen LogP contribution in [0.1, 0.15) is 59.8 Å². The molecule has 0 nitrogen and oxygen atoms in total. The van der Waals surface area contributed by atoms with Gasteiger partial charge in [-0.15, -0.1) is 13.2 Å². The van der Waals surface area contributed by atoms with Crippen LogP contribution < -0.4 is 0 Å². The number of rotatable bonds is 3. The molecule has 0 heteroatoms. The van der Waals surface area contributed by atoms with E-state index in [2.05, 4.69) is 27.0 Å². The third-order valence-electron chi connectivity index (χ3n) is 2.53. The van der Waals surface area contributed by atoms with E-state index in [1.54, 1.807) is 0 Å². The molecule has 0 spiro atoms. The average Bonchev–Trinajstić information content (AvgIpc) is 2.63. The third-order valence-corrected chi connectivity index (χ3v) is 2.53. The topological polar surface area (TPSA) is 0 Å². The third kappa shape index (κ3) is 13.5. The van der Waals surface area contributed by atoms with Gasteiger partial charge >= 0.3 is 0 Å². The molecule has 1 fully saturated rings. The molecule has 0 aromatic rings. The van der Waals surface area contributed by atoms with Gasteiger partial charge in [0.2, 0.25) is 0 Å². The van der Waals surface area contributed by atoms with Gasteiger partial charge in [-0.2, -0.15) is 0 Å². The largest absolute Gasteiger partial charge is 0.103 e. The van der Waals surface area contributed by atoms with Crippen molar-refractivity contribution in [3.8, 4) is 0 Å². The highest BCUT2D eigenvalue weighted by molar-refractivity contribution is 4.74. The van der Waals surface area contributed by atoms with Gasteiger partial charge < -0.3 is 0 Å². The summed E-state index contributed by atoms with van der Waals surface area (Å²) in [6.45, 7) is 15.8. The first-order valence-corrected chi connectivity index (χ1v) is 6.42. The zero-order valence-corrected chi connectivity index (χ0v) is 11.3. The molecule has 0 aromatic heterocycles. The lowest BCUT2D eigenvalue weighted by atomic mass is 10.1. The number of allylic oxidation sites excluding steroid dienone is 2. The van der Waals surface area contributed by atoms with E-state index >= 15 is 0 Å². The number of hydrogen-bond acceptors (Lipinski definition) is 0. The maximum absolute atomic E-state index is 3.55. The van der Waals surface area contributed by atoms with Crippen molar-refractivity contribution in [2.75, 3.05) is 0 Å². The van der Waals surface area contributed by atoms with E-state index in [1.807, 2.05) is 26.0 Å². The second-order valence-electron chi connectivity index (χ2n) is 4.18. The molecule has 1 saturated carbocycles. The first-order chi connectivity index (χ1) is 7.20. The second kappa shape index (κ2) is 13.5. The van der Waals surface area contributed by atoms with Crippen molar-refractivity contribution in [3.63, 3.8) is 0 Å². The first kappa shape index (κ1) is 16.9. The fourth-order valence-corrected chi connectivity index (χ4v) is 1.73. The summed E-state index contributed by atoms with van der Waals surface area (Å²) in [4.78, 5) is 0. The van der Waals surface area contributed by atoms with Gasteiger partial charge in [-0.25, -0.2) is 0 Å². The highest BCUT2D eigenvalue weighted by atomic mass is 14.2. The monoisotopic (exact) mass is 210 g/mol. The summed E-state index contributed by atoms with van der Waals surface area (Å²) in [6.07, 6.45) is 10.3. The normalized spacial score (nSPS) is 22.9. The Morgan fingerprint density at radius 2 is 1.27 bits per heavy atom. The van der Waals surface area contributed by atoms with Crippen molar-refractivity contribution < 1.29 is 0 Å². The molecule has 0 radical (unpaired) electrons. The van der Waals surface area contributed by atoms with Gasteiger partial charge in [-0.05, 0) is 31.1 Å². The maximum atomic E-state index is 3.55. The second-order valence-corrected chi connectivity index (χ2v) is 4.18. The molecule has 0 saturated heterocycles. The molecule has 0 bridgehead atoms. The van der Waals surface area contributed by atoms with Crippen molar-refractivity contribution in [2.45, 2.75) is 59.8 Å². The molecule has 0 heterocycles. The quantitative estimate of drug-likeness (QED) is 0.420. The van der Waals surface area contributed by atoms with Crippen LogP contribution in [0.5, 0.6) is 0 Å². The van der Waals surface area contributed by atoms with E-state index in [0.717, 1.165) is 24.7 Å². The number of unbranched alkanes of at least 4 members (excludes halogenated alkanes) is 1. The summed E-state index contributed by atoms with van der Waals surface area (Å²) >= 11 is 0. The summed E-state index contributed by atoms with van der Waals surface area (Å²) in [5, 5.41) is 0. The molecule has 1 aliphatic carbocycles. The Balaban J connectivity index is 0. The predicted molar refractivity (Wildman–Crippen MR) is 73.2 cm³/mol. The van der Waals surface area contributed by atoms with Crippen LogP contribution in [-0.2, 0) is 0 Å². The highest BCUT2D eigenvalue weighted by Gasteiger charge is 2.15. The summed E-state index contributed by atoms with van der Waals surface area (Å²) in [5.41, 5.74) is 0. The van der Waals surface area contributed by atoms with Crippen LogP contribution in [0.2, 0.25) is 0 Å². The lowest BCUT2D eigenvalue weighted by Crippen LogP contribution is -1.84. The molecule has 0 aromatic carbocycles. The first-order valence-electron chi connectivity index (χ1n) is 6.42. The van der Waals surface area contributed by atoms with Crippen molar-refractivity contribution in [2.24, 2.45) is 11.8 Å². The average molecular weight is 210 g/mol. The minimum atomic E-state index is 1.02. The van der Waals surface area contributed by atoms with E-state index in [-0.39, 0.29) is 0 Å². The summed E-state index contributed by atoms with van der Waals surface area (Å²) in [7, 11) is 0. The molecule has 0 aliphatic heterocycles. The van der Waals surface area contributed by atoms with Gasteiger partial charge in [0.25, 0.3) is 0 Å². The molecule has 2 atom stereocenters. The van der Waals surface area contributed by atoms with Crippen molar-refractivity contribution in [3.05, 3.63) is 25.3 Å². The van der Waals surface area contributed by atoms with Crippen LogP contribution in [0.25, 0.3) is 0 Å². The van der Waals surface area contributed by atoms with Crippen LogP contribution in [0.15, 0.2) is 25.3 Å². The molecule has 1 aliphatic rings. The molecule has 0 amide bonds. The lowest BCUT2D eigenvalue weighted by molar-refractivity contribution is 0.555. The fraction of sp³-hybridized carbons (Fsp3) is 0.733. The molecule has 15 heavy (non-hydrogen) atoms. The summed E-state index contributed by atoms with van der Waals surface area (Å²) < 4.78 is 0. The Bertz CT molecular complexity index is 119. The Labute approximate surface area is 97.5 Å². The van der Waals surface area contributed by atoms with Gasteiger partial charge in [-0.1, -0.05) is 52.7 Å². The van der Waals surface area contributed by atoms with Crippen LogP contribution in [0.3, 0.4) is 0 Å². The maximum Gasteiger partial charge on any atom is -0.0319 e. The smallest absolute Gasteiger partial charge is 0.0319 e. The zero-order valence-electron chi connectivity index (χ0n) is 11.3. The molecule has 1 rings (SSSR count).